The van der Waals surface area contributed by atoms with Crippen LogP contribution in [0.15, 0.2) is 36.4 Å². The van der Waals surface area contributed by atoms with Gasteiger partial charge in [-0.2, -0.15) is 0 Å². The molecule has 3 nitrogen and oxygen atoms in total. The van der Waals surface area contributed by atoms with Gasteiger partial charge in [0.1, 0.15) is 18.6 Å². The number of ether oxygens (including phenoxy) is 1. The minimum Gasteiger partial charge on any atom is -0.473 e. The standard InChI is InChI=1S/C17H17ClF2N2O/c18-12-5-4-11(14(19)8-12)10-23-17-3-1-2-16(22-17)13-6-7-21-9-15(13)20/h1-5,8,13,15,21H,6-7,9-10H2. The molecular formula is C17H17ClF2N2O. The maximum absolute atomic E-state index is 14.0. The van der Waals surface area contributed by atoms with E-state index in [4.69, 9.17) is 16.3 Å². The number of alkyl halides is 1. The van der Waals surface area contributed by atoms with Crippen LogP contribution < -0.4 is 10.1 Å². The van der Waals surface area contributed by atoms with Gasteiger partial charge in [0.05, 0.1) is 5.69 Å². The van der Waals surface area contributed by atoms with E-state index in [1.54, 1.807) is 30.3 Å². The molecule has 2 unspecified atom stereocenters. The third-order valence-electron chi connectivity index (χ3n) is 3.92. The molecule has 1 N–H and O–H groups in total. The molecule has 1 aromatic carbocycles. The molecular weight excluding hydrogens is 322 g/mol. The zero-order chi connectivity index (χ0) is 16.2. The molecule has 23 heavy (non-hydrogen) atoms. The molecule has 122 valence electrons. The number of pyridine rings is 1. The van der Waals surface area contributed by atoms with Gasteiger partial charge in [0, 0.05) is 29.1 Å². The third-order valence-corrected chi connectivity index (χ3v) is 4.16. The molecule has 0 radical (unpaired) electrons. The van der Waals surface area contributed by atoms with Gasteiger partial charge in [0.25, 0.3) is 0 Å². The predicted octanol–water partition coefficient (Wildman–Crippen LogP) is 3.87. The van der Waals surface area contributed by atoms with Gasteiger partial charge in [0.2, 0.25) is 5.88 Å². The Morgan fingerprint density at radius 3 is 2.96 bits per heavy atom. The van der Waals surface area contributed by atoms with Crippen LogP contribution in [-0.4, -0.2) is 24.2 Å². The molecule has 2 heterocycles. The van der Waals surface area contributed by atoms with E-state index >= 15 is 0 Å². The van der Waals surface area contributed by atoms with Gasteiger partial charge in [0.15, 0.2) is 0 Å². The fourth-order valence-corrected chi connectivity index (χ4v) is 2.82. The number of halogens is 3. The molecule has 0 amide bonds. The normalized spacial score (nSPS) is 21.2. The smallest absolute Gasteiger partial charge is 0.213 e. The summed E-state index contributed by atoms with van der Waals surface area (Å²) >= 11 is 5.72. The summed E-state index contributed by atoms with van der Waals surface area (Å²) in [5.74, 6) is -0.287. The van der Waals surface area contributed by atoms with Crippen molar-refractivity contribution in [2.24, 2.45) is 0 Å². The lowest BCUT2D eigenvalue weighted by Gasteiger charge is -2.26. The van der Waals surface area contributed by atoms with Crippen molar-refractivity contribution >= 4 is 11.6 Å². The third kappa shape index (κ3) is 3.98. The first-order valence-corrected chi connectivity index (χ1v) is 7.90. The first kappa shape index (κ1) is 16.1. The minimum absolute atomic E-state index is 0.0464. The highest BCUT2D eigenvalue weighted by molar-refractivity contribution is 6.30. The summed E-state index contributed by atoms with van der Waals surface area (Å²) in [6, 6.07) is 9.70. The molecule has 1 aromatic heterocycles. The first-order valence-electron chi connectivity index (χ1n) is 7.52. The van der Waals surface area contributed by atoms with Crippen molar-refractivity contribution in [2.75, 3.05) is 13.1 Å². The first-order chi connectivity index (χ1) is 11.1. The zero-order valence-corrected chi connectivity index (χ0v) is 13.2. The van der Waals surface area contributed by atoms with Crippen LogP contribution in [-0.2, 0) is 6.61 Å². The Morgan fingerprint density at radius 2 is 2.17 bits per heavy atom. The van der Waals surface area contributed by atoms with E-state index < -0.39 is 12.0 Å². The lowest BCUT2D eigenvalue weighted by molar-refractivity contribution is 0.226. The molecule has 0 spiro atoms. The second-order valence-corrected chi connectivity index (χ2v) is 5.98. The Balaban J connectivity index is 1.70. The van der Waals surface area contributed by atoms with Gasteiger partial charge in [-0.1, -0.05) is 23.7 Å². The van der Waals surface area contributed by atoms with Crippen molar-refractivity contribution in [1.29, 1.82) is 0 Å². The van der Waals surface area contributed by atoms with Crippen LogP contribution in [0.5, 0.6) is 5.88 Å². The summed E-state index contributed by atoms with van der Waals surface area (Å²) in [4.78, 5) is 4.37. The van der Waals surface area contributed by atoms with Crippen LogP contribution >= 0.6 is 11.6 Å². The maximum Gasteiger partial charge on any atom is 0.213 e. The van der Waals surface area contributed by atoms with Gasteiger partial charge >= 0.3 is 0 Å². The monoisotopic (exact) mass is 338 g/mol. The van der Waals surface area contributed by atoms with Crippen molar-refractivity contribution in [3.63, 3.8) is 0 Å². The quantitative estimate of drug-likeness (QED) is 0.919. The second kappa shape index (κ2) is 7.23. The highest BCUT2D eigenvalue weighted by Crippen LogP contribution is 2.27. The fraction of sp³-hybridized carbons (Fsp3) is 0.353. The Bertz CT molecular complexity index is 683. The topological polar surface area (TPSA) is 34.1 Å². The lowest BCUT2D eigenvalue weighted by atomic mass is 9.92. The molecule has 1 fully saturated rings. The number of piperidine rings is 1. The molecule has 0 saturated carbocycles. The van der Waals surface area contributed by atoms with Gasteiger partial charge in [-0.25, -0.2) is 13.8 Å². The van der Waals surface area contributed by atoms with E-state index in [2.05, 4.69) is 10.3 Å². The van der Waals surface area contributed by atoms with Crippen LogP contribution in [0.3, 0.4) is 0 Å². The molecule has 6 heteroatoms. The minimum atomic E-state index is -0.958. The maximum atomic E-state index is 14.0. The van der Waals surface area contributed by atoms with E-state index in [9.17, 15) is 8.78 Å². The summed E-state index contributed by atoms with van der Waals surface area (Å²) in [5, 5.41) is 3.36. The summed E-state index contributed by atoms with van der Waals surface area (Å²) in [6.45, 7) is 1.16. The largest absolute Gasteiger partial charge is 0.473 e. The van der Waals surface area contributed by atoms with Crippen LogP contribution in [0.2, 0.25) is 5.02 Å². The average Bonchev–Trinajstić information content (AvgIpc) is 2.55. The van der Waals surface area contributed by atoms with Crippen LogP contribution in [0.4, 0.5) is 8.78 Å². The Kier molecular flexibility index (Phi) is 5.08. The molecule has 0 bridgehead atoms. The van der Waals surface area contributed by atoms with E-state index in [1.165, 1.54) is 6.07 Å². The lowest BCUT2D eigenvalue weighted by Crippen LogP contribution is -2.37. The SMILES string of the molecule is Fc1cc(Cl)ccc1COc1cccc(C2CCNCC2F)n1. The molecule has 2 atom stereocenters. The van der Waals surface area contributed by atoms with E-state index in [-0.39, 0.29) is 12.5 Å². The predicted molar refractivity (Wildman–Crippen MR) is 85.1 cm³/mol. The molecule has 1 aliphatic heterocycles. The molecule has 0 aliphatic carbocycles. The van der Waals surface area contributed by atoms with Gasteiger partial charge in [-0.3, -0.25) is 0 Å². The zero-order valence-electron chi connectivity index (χ0n) is 12.4. The summed E-state index contributed by atoms with van der Waals surface area (Å²) in [7, 11) is 0. The van der Waals surface area contributed by atoms with Crippen LogP contribution in [0.25, 0.3) is 0 Å². The van der Waals surface area contributed by atoms with Crippen molar-refractivity contribution in [3.8, 4) is 5.88 Å². The van der Waals surface area contributed by atoms with E-state index in [0.29, 0.717) is 35.1 Å². The number of hydrogen-bond acceptors (Lipinski definition) is 3. The molecule has 1 saturated heterocycles. The molecule has 1 aliphatic rings. The highest BCUT2D eigenvalue weighted by Gasteiger charge is 2.27. The Labute approximate surface area is 138 Å². The number of hydrogen-bond donors (Lipinski definition) is 1. The van der Waals surface area contributed by atoms with Gasteiger partial charge in [-0.05, 0) is 31.2 Å². The van der Waals surface area contributed by atoms with Crippen molar-refractivity contribution in [3.05, 3.63) is 58.5 Å². The van der Waals surface area contributed by atoms with Crippen LogP contribution in [0, 0.1) is 5.82 Å². The molecule has 2 aromatic rings. The fourth-order valence-electron chi connectivity index (χ4n) is 2.66. The van der Waals surface area contributed by atoms with Crippen LogP contribution in [0.1, 0.15) is 23.6 Å². The summed E-state index contributed by atoms with van der Waals surface area (Å²) < 4.78 is 33.3. The van der Waals surface area contributed by atoms with Crippen molar-refractivity contribution < 1.29 is 13.5 Å². The summed E-state index contributed by atoms with van der Waals surface area (Å²) in [6.07, 6.45) is -0.260. The van der Waals surface area contributed by atoms with Gasteiger partial charge < -0.3 is 10.1 Å². The Hall–Kier alpha value is -1.72. The number of aromatic nitrogens is 1. The number of rotatable bonds is 4. The number of nitrogens with one attached hydrogen (secondary N) is 1. The second-order valence-electron chi connectivity index (χ2n) is 5.54. The van der Waals surface area contributed by atoms with E-state index in [1.807, 2.05) is 0 Å². The molecule has 3 rings (SSSR count). The number of nitrogens with zero attached hydrogens (tertiary/aromatic N) is 1. The van der Waals surface area contributed by atoms with Crippen molar-refractivity contribution in [1.82, 2.24) is 10.3 Å². The average molecular weight is 339 g/mol. The Morgan fingerprint density at radius 1 is 1.30 bits per heavy atom. The number of benzene rings is 1. The van der Waals surface area contributed by atoms with Gasteiger partial charge in [-0.15, -0.1) is 0 Å². The van der Waals surface area contributed by atoms with E-state index in [0.717, 1.165) is 6.54 Å². The van der Waals surface area contributed by atoms with Crippen molar-refractivity contribution in [2.45, 2.75) is 25.1 Å². The highest BCUT2D eigenvalue weighted by atomic mass is 35.5. The summed E-state index contributed by atoms with van der Waals surface area (Å²) in [5.41, 5.74) is 1.07.